The zero-order chi connectivity index (χ0) is 14.0. The van der Waals surface area contributed by atoms with E-state index in [4.69, 9.17) is 0 Å². The Labute approximate surface area is 115 Å². The molecule has 1 aromatic carbocycles. The highest BCUT2D eigenvalue weighted by Crippen LogP contribution is 2.36. The third kappa shape index (κ3) is 2.98. The molecule has 0 radical (unpaired) electrons. The third-order valence-electron chi connectivity index (χ3n) is 4.12. The van der Waals surface area contributed by atoms with Crippen LogP contribution in [0.2, 0.25) is 0 Å². The predicted octanol–water partition coefficient (Wildman–Crippen LogP) is 3.14. The normalized spacial score (nSPS) is 19.6. The van der Waals surface area contributed by atoms with Crippen LogP contribution in [0, 0.1) is 19.7 Å². The average molecular weight is 265 g/mol. The molecule has 2 nitrogen and oxygen atoms in total. The van der Waals surface area contributed by atoms with E-state index in [9.17, 15) is 9.50 Å². The van der Waals surface area contributed by atoms with Gasteiger partial charge in [-0.2, -0.15) is 0 Å². The number of halogens is 1. The second kappa shape index (κ2) is 5.59. The van der Waals surface area contributed by atoms with Crippen LogP contribution >= 0.6 is 0 Å². The molecular formula is C16H24FNO. The number of rotatable bonds is 3. The average Bonchev–Trinajstić information content (AvgIpc) is 2.31. The molecule has 0 aromatic heterocycles. The highest BCUT2D eigenvalue weighted by molar-refractivity contribution is 5.36. The molecule has 0 amide bonds. The minimum Gasteiger partial charge on any atom is -0.385 e. The zero-order valence-corrected chi connectivity index (χ0v) is 12.2. The smallest absolute Gasteiger partial charge is 0.129 e. The topological polar surface area (TPSA) is 23.5 Å². The molecule has 1 aliphatic heterocycles. The second-order valence-corrected chi connectivity index (χ2v) is 5.81. The van der Waals surface area contributed by atoms with Gasteiger partial charge in [0.1, 0.15) is 5.82 Å². The van der Waals surface area contributed by atoms with Gasteiger partial charge >= 0.3 is 0 Å². The Hall–Kier alpha value is -0.930. The van der Waals surface area contributed by atoms with E-state index in [1.54, 1.807) is 0 Å². The molecule has 2 rings (SSSR count). The number of hydrogen-bond acceptors (Lipinski definition) is 2. The summed E-state index contributed by atoms with van der Waals surface area (Å²) in [6.07, 6.45) is 2.36. The molecule has 106 valence electrons. The van der Waals surface area contributed by atoms with Crippen LogP contribution in [0.1, 0.15) is 42.9 Å². The lowest BCUT2D eigenvalue weighted by Gasteiger charge is -2.39. The molecule has 1 heterocycles. The number of hydrogen-bond donors (Lipinski definition) is 1. The van der Waals surface area contributed by atoms with Crippen LogP contribution in [-0.2, 0) is 5.60 Å². The van der Waals surface area contributed by atoms with Gasteiger partial charge in [0.25, 0.3) is 0 Å². The monoisotopic (exact) mass is 265 g/mol. The zero-order valence-electron chi connectivity index (χ0n) is 12.2. The summed E-state index contributed by atoms with van der Waals surface area (Å²) in [6, 6.07) is 3.48. The molecule has 1 aromatic rings. The number of piperidine rings is 1. The number of benzene rings is 1. The summed E-state index contributed by atoms with van der Waals surface area (Å²) < 4.78 is 14.2. The molecule has 0 aliphatic carbocycles. The van der Waals surface area contributed by atoms with Gasteiger partial charge < -0.3 is 10.0 Å². The van der Waals surface area contributed by atoms with E-state index in [-0.39, 0.29) is 5.82 Å². The molecular weight excluding hydrogens is 241 g/mol. The first-order valence-corrected chi connectivity index (χ1v) is 7.18. The van der Waals surface area contributed by atoms with E-state index in [2.05, 4.69) is 11.8 Å². The second-order valence-electron chi connectivity index (χ2n) is 5.81. The van der Waals surface area contributed by atoms with E-state index in [1.165, 1.54) is 6.07 Å². The summed E-state index contributed by atoms with van der Waals surface area (Å²) in [7, 11) is 0. The fourth-order valence-corrected chi connectivity index (χ4v) is 3.22. The first-order valence-electron chi connectivity index (χ1n) is 7.18. The molecule has 1 aliphatic rings. The van der Waals surface area contributed by atoms with Gasteiger partial charge in [-0.05, 0) is 56.8 Å². The largest absolute Gasteiger partial charge is 0.385 e. The number of aliphatic hydroxyl groups is 1. The van der Waals surface area contributed by atoms with E-state index < -0.39 is 5.60 Å². The Morgan fingerprint density at radius 1 is 1.26 bits per heavy atom. The molecule has 1 saturated heterocycles. The fourth-order valence-electron chi connectivity index (χ4n) is 3.22. The number of aryl methyl sites for hydroxylation is 2. The van der Waals surface area contributed by atoms with E-state index in [0.29, 0.717) is 18.4 Å². The van der Waals surface area contributed by atoms with Crippen molar-refractivity contribution in [1.82, 2.24) is 4.90 Å². The van der Waals surface area contributed by atoms with Gasteiger partial charge in [0.15, 0.2) is 0 Å². The molecule has 1 N–H and O–H groups in total. The summed E-state index contributed by atoms with van der Waals surface area (Å²) in [5, 5.41) is 10.8. The molecule has 3 heteroatoms. The summed E-state index contributed by atoms with van der Waals surface area (Å²) in [5.41, 5.74) is 1.29. The van der Waals surface area contributed by atoms with Gasteiger partial charge in [-0.15, -0.1) is 0 Å². The van der Waals surface area contributed by atoms with Crippen LogP contribution < -0.4 is 0 Å². The van der Waals surface area contributed by atoms with E-state index in [1.807, 2.05) is 19.9 Å². The van der Waals surface area contributed by atoms with Crippen molar-refractivity contribution in [2.45, 2.75) is 45.6 Å². The lowest BCUT2D eigenvalue weighted by Crippen LogP contribution is -2.43. The van der Waals surface area contributed by atoms with E-state index >= 15 is 0 Å². The Balaban J connectivity index is 2.23. The summed E-state index contributed by atoms with van der Waals surface area (Å²) in [6.45, 7) is 8.68. The number of nitrogens with zero attached hydrogens (tertiary/aromatic N) is 1. The minimum atomic E-state index is -0.994. The van der Waals surface area contributed by atoms with Crippen molar-refractivity contribution >= 4 is 0 Å². The number of likely N-dealkylation sites (tertiary alicyclic amines) is 1. The fraction of sp³-hybridized carbons (Fsp3) is 0.625. The highest BCUT2D eigenvalue weighted by atomic mass is 19.1. The SMILES string of the molecule is CCCN1CCC(O)(c2c(C)cc(C)cc2F)CC1. The van der Waals surface area contributed by atoms with Crippen molar-refractivity contribution in [1.29, 1.82) is 0 Å². The van der Waals surface area contributed by atoms with Crippen LogP contribution in [0.5, 0.6) is 0 Å². The van der Waals surface area contributed by atoms with Gasteiger partial charge in [-0.25, -0.2) is 4.39 Å². The van der Waals surface area contributed by atoms with Crippen molar-refractivity contribution in [3.8, 4) is 0 Å². The molecule has 0 atom stereocenters. The highest BCUT2D eigenvalue weighted by Gasteiger charge is 2.37. The standard InChI is InChI=1S/C16H24FNO/c1-4-7-18-8-5-16(19,6-9-18)15-13(3)10-12(2)11-14(15)17/h10-11,19H,4-9H2,1-3H3. The van der Waals surface area contributed by atoms with Crippen LogP contribution in [0.4, 0.5) is 4.39 Å². The quantitative estimate of drug-likeness (QED) is 0.907. The molecule has 0 saturated carbocycles. The third-order valence-corrected chi connectivity index (χ3v) is 4.12. The van der Waals surface area contributed by atoms with Crippen molar-refractivity contribution in [2.75, 3.05) is 19.6 Å². The lowest BCUT2D eigenvalue weighted by molar-refractivity contribution is -0.0288. The Morgan fingerprint density at radius 2 is 1.89 bits per heavy atom. The van der Waals surface area contributed by atoms with Gasteiger partial charge in [-0.3, -0.25) is 0 Å². The van der Waals surface area contributed by atoms with Gasteiger partial charge in [0.2, 0.25) is 0 Å². The van der Waals surface area contributed by atoms with Crippen LogP contribution in [0.15, 0.2) is 12.1 Å². The maximum Gasteiger partial charge on any atom is 0.129 e. The molecule has 19 heavy (non-hydrogen) atoms. The summed E-state index contributed by atoms with van der Waals surface area (Å²) >= 11 is 0. The molecule has 0 bridgehead atoms. The molecule has 1 fully saturated rings. The van der Waals surface area contributed by atoms with Crippen molar-refractivity contribution in [2.24, 2.45) is 0 Å². The lowest BCUT2D eigenvalue weighted by atomic mass is 9.81. The Bertz CT molecular complexity index is 427. The predicted molar refractivity (Wildman–Crippen MR) is 75.7 cm³/mol. The van der Waals surface area contributed by atoms with Gasteiger partial charge in [0, 0.05) is 18.7 Å². The Kier molecular flexibility index (Phi) is 4.26. The van der Waals surface area contributed by atoms with Crippen LogP contribution in [0.25, 0.3) is 0 Å². The van der Waals surface area contributed by atoms with Crippen molar-refractivity contribution in [3.63, 3.8) is 0 Å². The van der Waals surface area contributed by atoms with Crippen LogP contribution in [-0.4, -0.2) is 29.6 Å². The Morgan fingerprint density at radius 3 is 2.42 bits per heavy atom. The first-order chi connectivity index (χ1) is 8.96. The van der Waals surface area contributed by atoms with Gasteiger partial charge in [0.05, 0.1) is 5.60 Å². The van der Waals surface area contributed by atoms with Crippen molar-refractivity contribution in [3.05, 3.63) is 34.6 Å². The van der Waals surface area contributed by atoms with Crippen LogP contribution in [0.3, 0.4) is 0 Å². The molecule has 0 unspecified atom stereocenters. The summed E-state index contributed by atoms with van der Waals surface area (Å²) in [5.74, 6) is -0.260. The van der Waals surface area contributed by atoms with Gasteiger partial charge in [-0.1, -0.05) is 13.0 Å². The first kappa shape index (κ1) is 14.5. The molecule has 0 spiro atoms. The van der Waals surface area contributed by atoms with Crippen molar-refractivity contribution < 1.29 is 9.50 Å². The maximum atomic E-state index is 14.2. The minimum absolute atomic E-state index is 0.260. The maximum absolute atomic E-state index is 14.2. The van der Waals surface area contributed by atoms with E-state index in [0.717, 1.165) is 37.2 Å². The summed E-state index contributed by atoms with van der Waals surface area (Å²) in [4.78, 5) is 2.34.